The van der Waals surface area contributed by atoms with Gasteiger partial charge in [-0.1, -0.05) is 12.8 Å². The summed E-state index contributed by atoms with van der Waals surface area (Å²) in [7, 11) is 0. The van der Waals surface area contributed by atoms with Gasteiger partial charge in [0.15, 0.2) is 0 Å². The van der Waals surface area contributed by atoms with Gasteiger partial charge in [-0.05, 0) is 6.42 Å². The van der Waals surface area contributed by atoms with Crippen LogP contribution in [0.15, 0.2) is 0 Å². The average Bonchev–Trinajstić information content (AvgIpc) is 1.87. The van der Waals surface area contributed by atoms with Crippen molar-refractivity contribution in [2.75, 3.05) is 0 Å². The van der Waals surface area contributed by atoms with Crippen LogP contribution < -0.4 is 10.5 Å². The second-order valence-corrected chi connectivity index (χ2v) is 2.28. The van der Waals surface area contributed by atoms with Crippen LogP contribution in [-0.2, 0) is 9.59 Å². The molecule has 5 nitrogen and oxygen atoms in total. The zero-order valence-corrected chi connectivity index (χ0v) is 6.67. The first-order valence-electron chi connectivity index (χ1n) is 2.98. The molecule has 0 aliphatic heterocycles. The summed E-state index contributed by atoms with van der Waals surface area (Å²) in [6.45, 7) is 0. The van der Waals surface area contributed by atoms with Crippen LogP contribution in [0.1, 0.15) is 12.8 Å². The third kappa shape index (κ3) is 4.63. The molecule has 0 heterocycles. The second-order valence-electron chi connectivity index (χ2n) is 2.02. The van der Waals surface area contributed by atoms with E-state index in [9.17, 15) is 9.59 Å². The van der Waals surface area contributed by atoms with Crippen LogP contribution in [0.2, 0.25) is 0 Å². The molecule has 1 amide bonds. The summed E-state index contributed by atoms with van der Waals surface area (Å²) in [5.41, 5.74) is 4.81. The first-order valence-corrected chi connectivity index (χ1v) is 3.43. The van der Waals surface area contributed by atoms with Gasteiger partial charge in [0.25, 0.3) is 0 Å². The standard InChI is InChI=1S/C5H10N2O3S/c6-4(8)2-1-3(7-11)5(9)10/h3,7,11H,1-2H2,(H2,6,8)(H,9,10)/t3-/m0/s1. The quantitative estimate of drug-likeness (QED) is 0.412. The Balaban J connectivity index is 3.70. The van der Waals surface area contributed by atoms with E-state index >= 15 is 0 Å². The number of amides is 1. The first-order chi connectivity index (χ1) is 5.07. The van der Waals surface area contributed by atoms with E-state index in [1.807, 2.05) is 0 Å². The number of carboxylic acid groups (broad SMARTS) is 1. The Labute approximate surface area is 69.5 Å². The summed E-state index contributed by atoms with van der Waals surface area (Å²) >= 11 is 3.57. The molecule has 11 heavy (non-hydrogen) atoms. The predicted octanol–water partition coefficient (Wildman–Crippen LogP) is -0.861. The number of hydrogen-bond donors (Lipinski definition) is 4. The Hall–Kier alpha value is -0.750. The minimum Gasteiger partial charge on any atom is -0.480 e. The molecule has 0 spiro atoms. The molecule has 0 aliphatic carbocycles. The Morgan fingerprint density at radius 2 is 2.18 bits per heavy atom. The van der Waals surface area contributed by atoms with E-state index in [1.54, 1.807) is 0 Å². The van der Waals surface area contributed by atoms with Crippen LogP contribution in [0, 0.1) is 0 Å². The van der Waals surface area contributed by atoms with Crippen molar-refractivity contribution in [1.82, 2.24) is 4.72 Å². The number of nitrogens with one attached hydrogen (secondary N) is 1. The summed E-state index contributed by atoms with van der Waals surface area (Å²) in [5, 5.41) is 8.42. The predicted molar refractivity (Wildman–Crippen MR) is 42.0 cm³/mol. The van der Waals surface area contributed by atoms with Crippen LogP contribution in [0.5, 0.6) is 0 Å². The van der Waals surface area contributed by atoms with Crippen molar-refractivity contribution in [3.8, 4) is 0 Å². The highest BCUT2D eigenvalue weighted by Crippen LogP contribution is 1.97. The fraction of sp³-hybridized carbons (Fsp3) is 0.600. The highest BCUT2D eigenvalue weighted by molar-refractivity contribution is 7.78. The van der Waals surface area contributed by atoms with E-state index in [1.165, 1.54) is 0 Å². The van der Waals surface area contributed by atoms with Gasteiger partial charge in [0.1, 0.15) is 6.04 Å². The van der Waals surface area contributed by atoms with Crippen molar-refractivity contribution in [2.45, 2.75) is 18.9 Å². The lowest BCUT2D eigenvalue weighted by molar-refractivity contribution is -0.139. The minimum atomic E-state index is -1.04. The SMILES string of the molecule is NC(=O)CC[C@H](NS)C(=O)O. The maximum absolute atomic E-state index is 10.3. The number of primary amides is 1. The van der Waals surface area contributed by atoms with Crippen molar-refractivity contribution >= 4 is 24.7 Å². The molecule has 0 aromatic heterocycles. The van der Waals surface area contributed by atoms with Gasteiger partial charge in [-0.15, -0.1) is 0 Å². The maximum atomic E-state index is 10.3. The van der Waals surface area contributed by atoms with E-state index in [2.05, 4.69) is 17.5 Å². The monoisotopic (exact) mass is 178 g/mol. The molecular formula is C5H10N2O3S. The molecule has 1 atom stereocenters. The van der Waals surface area contributed by atoms with Gasteiger partial charge >= 0.3 is 5.97 Å². The fourth-order valence-electron chi connectivity index (χ4n) is 0.530. The molecule has 0 saturated heterocycles. The number of carbonyl (C=O) groups is 2. The summed E-state index contributed by atoms with van der Waals surface area (Å²) in [6.07, 6.45) is 0.207. The van der Waals surface area contributed by atoms with E-state index in [-0.39, 0.29) is 12.8 Å². The zero-order chi connectivity index (χ0) is 8.85. The first kappa shape index (κ1) is 10.2. The van der Waals surface area contributed by atoms with E-state index in [0.717, 1.165) is 0 Å². The van der Waals surface area contributed by atoms with Gasteiger partial charge in [0, 0.05) is 6.42 Å². The largest absolute Gasteiger partial charge is 0.480 e. The van der Waals surface area contributed by atoms with E-state index < -0.39 is 17.9 Å². The third-order valence-electron chi connectivity index (χ3n) is 1.13. The molecule has 0 unspecified atom stereocenters. The number of nitrogens with two attached hydrogens (primary N) is 1. The molecule has 0 aromatic rings. The molecule has 4 N–H and O–H groups in total. The number of thiol groups is 1. The van der Waals surface area contributed by atoms with Gasteiger partial charge in [-0.2, -0.15) is 0 Å². The number of hydrogen-bond acceptors (Lipinski definition) is 4. The summed E-state index contributed by atoms with van der Waals surface area (Å²) in [6, 6.07) is -0.814. The van der Waals surface area contributed by atoms with Crippen LogP contribution in [0.4, 0.5) is 0 Å². The highest BCUT2D eigenvalue weighted by Gasteiger charge is 2.15. The van der Waals surface area contributed by atoms with Crippen molar-refractivity contribution in [3.63, 3.8) is 0 Å². The van der Waals surface area contributed by atoms with Crippen molar-refractivity contribution < 1.29 is 14.7 Å². The van der Waals surface area contributed by atoms with Gasteiger partial charge < -0.3 is 10.8 Å². The van der Waals surface area contributed by atoms with Crippen LogP contribution in [-0.4, -0.2) is 23.0 Å². The summed E-state index contributed by atoms with van der Waals surface area (Å²) in [4.78, 5) is 20.5. The second kappa shape index (κ2) is 4.97. The Morgan fingerprint density at radius 3 is 2.45 bits per heavy atom. The number of carboxylic acids is 1. The molecule has 0 aromatic carbocycles. The molecular weight excluding hydrogens is 168 g/mol. The average molecular weight is 178 g/mol. The van der Waals surface area contributed by atoms with E-state index in [4.69, 9.17) is 10.8 Å². The summed E-state index contributed by atoms with van der Waals surface area (Å²) < 4.78 is 2.24. The number of rotatable bonds is 5. The zero-order valence-electron chi connectivity index (χ0n) is 5.78. The Morgan fingerprint density at radius 1 is 1.64 bits per heavy atom. The molecule has 6 heteroatoms. The van der Waals surface area contributed by atoms with Gasteiger partial charge in [-0.3, -0.25) is 14.3 Å². The summed E-state index contributed by atoms with van der Waals surface area (Å²) in [5.74, 6) is -1.55. The molecule has 0 aliphatic rings. The smallest absolute Gasteiger partial charge is 0.321 e. The molecule has 0 saturated carbocycles. The Bertz CT molecular complexity index is 162. The van der Waals surface area contributed by atoms with Crippen molar-refractivity contribution in [1.29, 1.82) is 0 Å². The van der Waals surface area contributed by atoms with Gasteiger partial charge in [-0.25, -0.2) is 0 Å². The topological polar surface area (TPSA) is 92.4 Å². The number of aliphatic carboxylic acids is 1. The lowest BCUT2D eigenvalue weighted by Gasteiger charge is -2.07. The fourth-order valence-corrected chi connectivity index (χ4v) is 0.769. The van der Waals surface area contributed by atoms with Crippen LogP contribution in [0.3, 0.4) is 0 Å². The maximum Gasteiger partial charge on any atom is 0.321 e. The molecule has 0 bridgehead atoms. The van der Waals surface area contributed by atoms with E-state index in [0.29, 0.717) is 0 Å². The van der Waals surface area contributed by atoms with Gasteiger partial charge in [0.05, 0.1) is 0 Å². The minimum absolute atomic E-state index is 0.0462. The molecule has 64 valence electrons. The van der Waals surface area contributed by atoms with Crippen molar-refractivity contribution in [2.24, 2.45) is 5.73 Å². The van der Waals surface area contributed by atoms with Gasteiger partial charge in [0.2, 0.25) is 5.91 Å². The van der Waals surface area contributed by atoms with Crippen LogP contribution >= 0.6 is 12.8 Å². The normalized spacial score (nSPS) is 12.5. The molecule has 0 rings (SSSR count). The lowest BCUT2D eigenvalue weighted by Crippen LogP contribution is -2.31. The third-order valence-corrected chi connectivity index (χ3v) is 1.45. The lowest BCUT2D eigenvalue weighted by atomic mass is 10.2. The highest BCUT2D eigenvalue weighted by atomic mass is 32.1. The van der Waals surface area contributed by atoms with Crippen molar-refractivity contribution in [3.05, 3.63) is 0 Å². The molecule has 0 radical (unpaired) electrons. The van der Waals surface area contributed by atoms with Crippen LogP contribution in [0.25, 0.3) is 0 Å². The molecule has 0 fully saturated rings. The Kier molecular flexibility index (Phi) is 4.64. The number of carbonyl (C=O) groups excluding carboxylic acids is 1.